The van der Waals surface area contributed by atoms with Gasteiger partial charge in [0.25, 0.3) is 0 Å². The van der Waals surface area contributed by atoms with Crippen LogP contribution in [0.1, 0.15) is 12.8 Å². The topological polar surface area (TPSA) is 57.5 Å². The molecule has 1 aliphatic carbocycles. The van der Waals surface area contributed by atoms with E-state index in [-0.39, 0.29) is 0 Å². The Morgan fingerprint density at radius 3 is 2.08 bits per heavy atom. The van der Waals surface area contributed by atoms with E-state index >= 15 is 0 Å². The van der Waals surface area contributed by atoms with Gasteiger partial charge in [0, 0.05) is 0 Å². The van der Waals surface area contributed by atoms with Crippen LogP contribution in [-0.4, -0.2) is 28.0 Å². The zero-order chi connectivity index (χ0) is 9.57. The first-order valence-electron chi connectivity index (χ1n) is 3.28. The number of hydrogen-bond donors (Lipinski definition) is 2. The molecule has 1 aliphatic rings. The molecule has 3 nitrogen and oxygen atoms in total. The highest BCUT2D eigenvalue weighted by Gasteiger charge is 2.62. The Bertz CT molecular complexity index is 205. The molecular formula is C6H7F3O3. The summed E-state index contributed by atoms with van der Waals surface area (Å²) in [6, 6.07) is 0. The maximum atomic E-state index is 11.9. The van der Waals surface area contributed by atoms with Crippen molar-refractivity contribution in [3.05, 3.63) is 0 Å². The molecule has 12 heavy (non-hydrogen) atoms. The summed E-state index contributed by atoms with van der Waals surface area (Å²) in [6.45, 7) is 0. The fourth-order valence-corrected chi connectivity index (χ4v) is 1.16. The first-order chi connectivity index (χ1) is 5.26. The Kier molecular flexibility index (Phi) is 1.82. The summed E-state index contributed by atoms with van der Waals surface area (Å²) in [5.74, 6) is -2.35. The second kappa shape index (κ2) is 2.35. The Morgan fingerprint density at radius 2 is 1.83 bits per heavy atom. The Balaban J connectivity index is 2.57. The quantitative estimate of drug-likeness (QED) is 0.632. The molecule has 6 heteroatoms. The predicted molar refractivity (Wildman–Crippen MR) is 31.4 cm³/mol. The lowest BCUT2D eigenvalue weighted by molar-refractivity contribution is -0.297. The molecule has 0 heterocycles. The number of hydrogen-bond acceptors (Lipinski definition) is 2. The highest BCUT2D eigenvalue weighted by molar-refractivity contribution is 5.71. The Morgan fingerprint density at radius 1 is 1.42 bits per heavy atom. The molecule has 1 fully saturated rings. The van der Waals surface area contributed by atoms with Gasteiger partial charge < -0.3 is 10.2 Å². The molecule has 0 aromatic carbocycles. The van der Waals surface area contributed by atoms with E-state index in [1.54, 1.807) is 0 Å². The summed E-state index contributed by atoms with van der Waals surface area (Å²) in [6.07, 6.45) is -6.17. The number of halogens is 3. The summed E-state index contributed by atoms with van der Waals surface area (Å²) >= 11 is 0. The van der Waals surface area contributed by atoms with Crippen molar-refractivity contribution in [2.45, 2.75) is 24.6 Å². The van der Waals surface area contributed by atoms with Gasteiger partial charge in [0.1, 0.15) is 0 Å². The summed E-state index contributed by atoms with van der Waals surface area (Å²) < 4.78 is 35.6. The molecule has 0 spiro atoms. The lowest BCUT2D eigenvalue weighted by atomic mass is 9.70. The number of alkyl halides is 3. The van der Waals surface area contributed by atoms with Gasteiger partial charge in [0.2, 0.25) is 0 Å². The van der Waals surface area contributed by atoms with Gasteiger partial charge in [0.15, 0.2) is 5.60 Å². The molecule has 0 atom stereocenters. The van der Waals surface area contributed by atoms with Crippen molar-refractivity contribution in [1.82, 2.24) is 0 Å². The second-order valence-corrected chi connectivity index (χ2v) is 2.97. The van der Waals surface area contributed by atoms with Gasteiger partial charge in [-0.05, 0) is 12.8 Å². The van der Waals surface area contributed by atoms with Gasteiger partial charge in [-0.15, -0.1) is 0 Å². The molecule has 0 aliphatic heterocycles. The number of aliphatic hydroxyl groups is 1. The minimum atomic E-state index is -4.71. The Hall–Kier alpha value is -0.780. The molecule has 0 saturated heterocycles. The third-order valence-corrected chi connectivity index (χ3v) is 2.05. The highest BCUT2D eigenvalue weighted by Crippen LogP contribution is 2.48. The molecule has 0 aromatic heterocycles. The van der Waals surface area contributed by atoms with E-state index < -0.39 is 36.5 Å². The van der Waals surface area contributed by atoms with Crippen molar-refractivity contribution in [3.63, 3.8) is 0 Å². The van der Waals surface area contributed by atoms with Crippen LogP contribution in [0.25, 0.3) is 0 Å². The monoisotopic (exact) mass is 184 g/mol. The van der Waals surface area contributed by atoms with Crippen LogP contribution in [0.5, 0.6) is 0 Å². The van der Waals surface area contributed by atoms with E-state index in [0.717, 1.165) is 0 Å². The molecule has 70 valence electrons. The zero-order valence-electron chi connectivity index (χ0n) is 5.93. The highest BCUT2D eigenvalue weighted by atomic mass is 19.4. The van der Waals surface area contributed by atoms with Crippen LogP contribution >= 0.6 is 0 Å². The average Bonchev–Trinajstić information content (AvgIpc) is 1.77. The van der Waals surface area contributed by atoms with Crippen LogP contribution in [0.4, 0.5) is 13.2 Å². The van der Waals surface area contributed by atoms with Crippen LogP contribution in [0.2, 0.25) is 0 Å². The Labute approximate surface area is 65.8 Å². The minimum Gasteiger partial charge on any atom is -0.481 e. The van der Waals surface area contributed by atoms with E-state index in [2.05, 4.69) is 0 Å². The fraction of sp³-hybridized carbons (Fsp3) is 0.833. The normalized spacial score (nSPS) is 35.8. The van der Waals surface area contributed by atoms with E-state index in [1.807, 2.05) is 0 Å². The minimum absolute atomic E-state index is 0.730. The zero-order valence-corrected chi connectivity index (χ0v) is 5.93. The van der Waals surface area contributed by atoms with Crippen LogP contribution in [-0.2, 0) is 4.79 Å². The van der Waals surface area contributed by atoms with E-state index in [1.165, 1.54) is 0 Å². The van der Waals surface area contributed by atoms with Crippen molar-refractivity contribution < 1.29 is 28.2 Å². The summed E-state index contributed by atoms with van der Waals surface area (Å²) in [4.78, 5) is 10.1. The maximum Gasteiger partial charge on any atom is 0.417 e. The largest absolute Gasteiger partial charge is 0.481 e. The van der Waals surface area contributed by atoms with Crippen LogP contribution < -0.4 is 0 Å². The standard InChI is InChI=1S/C6H7F3O3/c7-6(8,9)5(12)1-3(2-5)4(10)11/h3,12H,1-2H2,(H,10,11)/t3-,5+. The molecule has 0 aromatic rings. The molecule has 1 rings (SSSR count). The van der Waals surface area contributed by atoms with E-state index in [9.17, 15) is 18.0 Å². The summed E-state index contributed by atoms with van der Waals surface area (Å²) in [7, 11) is 0. The smallest absolute Gasteiger partial charge is 0.417 e. The maximum absolute atomic E-state index is 11.9. The van der Waals surface area contributed by atoms with Crippen molar-refractivity contribution in [1.29, 1.82) is 0 Å². The SMILES string of the molecule is O=C(O)[C@H]1C[C@](O)(C(F)(F)F)C1. The average molecular weight is 184 g/mol. The molecule has 2 N–H and O–H groups in total. The van der Waals surface area contributed by atoms with Crippen molar-refractivity contribution in [2.24, 2.45) is 5.92 Å². The van der Waals surface area contributed by atoms with Crippen molar-refractivity contribution in [3.8, 4) is 0 Å². The molecule has 0 unspecified atom stereocenters. The molecule has 0 amide bonds. The number of carboxylic acid groups (broad SMARTS) is 1. The third kappa shape index (κ3) is 1.26. The lowest BCUT2D eigenvalue weighted by Crippen LogP contribution is -2.56. The molecule has 0 radical (unpaired) electrons. The summed E-state index contributed by atoms with van der Waals surface area (Å²) in [5, 5.41) is 17.0. The molecular weight excluding hydrogens is 177 g/mol. The number of carbonyl (C=O) groups is 1. The van der Waals surface area contributed by atoms with Gasteiger partial charge >= 0.3 is 12.1 Å². The predicted octanol–water partition coefficient (Wildman–Crippen LogP) is 0.774. The number of rotatable bonds is 1. The van der Waals surface area contributed by atoms with Gasteiger partial charge in [-0.2, -0.15) is 13.2 Å². The lowest BCUT2D eigenvalue weighted by Gasteiger charge is -2.42. The first kappa shape index (κ1) is 9.31. The van der Waals surface area contributed by atoms with Crippen molar-refractivity contribution in [2.75, 3.05) is 0 Å². The fourth-order valence-electron chi connectivity index (χ4n) is 1.16. The van der Waals surface area contributed by atoms with Gasteiger partial charge in [0.05, 0.1) is 5.92 Å². The third-order valence-electron chi connectivity index (χ3n) is 2.05. The molecule has 0 bridgehead atoms. The first-order valence-corrected chi connectivity index (χ1v) is 3.28. The van der Waals surface area contributed by atoms with E-state index in [0.29, 0.717) is 0 Å². The number of aliphatic carboxylic acids is 1. The molecule has 1 saturated carbocycles. The second-order valence-electron chi connectivity index (χ2n) is 2.97. The number of carboxylic acids is 1. The van der Waals surface area contributed by atoms with Crippen LogP contribution in [0.15, 0.2) is 0 Å². The van der Waals surface area contributed by atoms with Crippen LogP contribution in [0.3, 0.4) is 0 Å². The summed E-state index contributed by atoms with van der Waals surface area (Å²) in [5.41, 5.74) is -2.77. The van der Waals surface area contributed by atoms with Gasteiger partial charge in [-0.25, -0.2) is 0 Å². The van der Waals surface area contributed by atoms with Gasteiger partial charge in [-0.1, -0.05) is 0 Å². The van der Waals surface area contributed by atoms with Gasteiger partial charge in [-0.3, -0.25) is 4.79 Å². The van der Waals surface area contributed by atoms with E-state index in [4.69, 9.17) is 10.2 Å². The van der Waals surface area contributed by atoms with Crippen molar-refractivity contribution >= 4 is 5.97 Å². The van der Waals surface area contributed by atoms with Crippen LogP contribution in [0, 0.1) is 5.92 Å².